The van der Waals surface area contributed by atoms with Crippen molar-refractivity contribution in [2.45, 2.75) is 52.0 Å². The van der Waals surface area contributed by atoms with Crippen molar-refractivity contribution in [1.29, 1.82) is 0 Å². The Morgan fingerprint density at radius 2 is 1.71 bits per heavy atom. The third-order valence-electron chi connectivity index (χ3n) is 7.67. The van der Waals surface area contributed by atoms with Gasteiger partial charge in [-0.3, -0.25) is 9.59 Å². The van der Waals surface area contributed by atoms with Crippen molar-refractivity contribution in [2.75, 3.05) is 19.7 Å². The summed E-state index contributed by atoms with van der Waals surface area (Å²) >= 11 is 0. The Hall–Kier alpha value is -3.35. The SMILES string of the molecule is CCN(CC(C)C(=O)O)C(=O)C1(C)CCCC1NC(=O)OCC1c2ccccc2-c2ccccc21. The molecular formula is C28H34N2O5. The smallest absolute Gasteiger partial charge is 0.407 e. The molecule has 7 nitrogen and oxygen atoms in total. The minimum absolute atomic E-state index is 0.0298. The summed E-state index contributed by atoms with van der Waals surface area (Å²) in [7, 11) is 0. The van der Waals surface area contributed by atoms with Crippen molar-refractivity contribution in [3.05, 3.63) is 59.7 Å². The number of aliphatic carboxylic acids is 1. The second kappa shape index (κ2) is 10.1. The van der Waals surface area contributed by atoms with Gasteiger partial charge in [-0.15, -0.1) is 0 Å². The molecule has 2 aliphatic carbocycles. The first-order valence-electron chi connectivity index (χ1n) is 12.4. The molecule has 35 heavy (non-hydrogen) atoms. The molecule has 186 valence electrons. The standard InChI is InChI=1S/C28H34N2O5/c1-4-30(16-18(2)25(31)32)26(33)28(3)15-9-14-24(28)29-27(34)35-17-23-21-12-7-5-10-19(21)20-11-6-8-13-22(20)23/h5-8,10-13,18,23-24H,4,9,14-17H2,1-3H3,(H,29,34)(H,31,32). The molecule has 0 aromatic heterocycles. The Morgan fingerprint density at radius 1 is 1.11 bits per heavy atom. The number of carboxylic acid groups (broad SMARTS) is 1. The zero-order valence-electron chi connectivity index (χ0n) is 20.6. The Labute approximate surface area is 206 Å². The molecule has 0 aliphatic heterocycles. The highest BCUT2D eigenvalue weighted by Crippen LogP contribution is 2.44. The van der Waals surface area contributed by atoms with Gasteiger partial charge in [-0.05, 0) is 48.9 Å². The van der Waals surface area contributed by atoms with E-state index in [0.29, 0.717) is 19.4 Å². The molecule has 0 spiro atoms. The van der Waals surface area contributed by atoms with Gasteiger partial charge in [0.25, 0.3) is 0 Å². The van der Waals surface area contributed by atoms with Gasteiger partial charge in [-0.25, -0.2) is 4.79 Å². The number of carbonyl (C=O) groups excluding carboxylic acids is 2. The number of hydrogen-bond donors (Lipinski definition) is 2. The van der Waals surface area contributed by atoms with E-state index in [0.717, 1.165) is 17.5 Å². The van der Waals surface area contributed by atoms with Crippen molar-refractivity contribution in [2.24, 2.45) is 11.3 Å². The fourth-order valence-corrected chi connectivity index (χ4v) is 5.56. The summed E-state index contributed by atoms with van der Waals surface area (Å²) in [6.07, 6.45) is 1.60. The van der Waals surface area contributed by atoms with Crippen LogP contribution < -0.4 is 5.32 Å². The number of fused-ring (bicyclic) bond motifs is 3. The van der Waals surface area contributed by atoms with Gasteiger partial charge >= 0.3 is 12.1 Å². The molecule has 3 unspecified atom stereocenters. The van der Waals surface area contributed by atoms with E-state index < -0.39 is 23.4 Å². The lowest BCUT2D eigenvalue weighted by Gasteiger charge is -2.36. The molecule has 2 aromatic carbocycles. The molecule has 2 N–H and O–H groups in total. The van der Waals surface area contributed by atoms with Crippen LogP contribution in [-0.2, 0) is 14.3 Å². The van der Waals surface area contributed by atoms with Gasteiger partial charge < -0.3 is 20.1 Å². The van der Waals surface area contributed by atoms with Gasteiger partial charge in [0.2, 0.25) is 5.91 Å². The number of carbonyl (C=O) groups is 3. The van der Waals surface area contributed by atoms with Crippen LogP contribution in [0, 0.1) is 11.3 Å². The number of benzene rings is 2. The van der Waals surface area contributed by atoms with E-state index >= 15 is 0 Å². The normalized spacial score (nSPS) is 21.6. The van der Waals surface area contributed by atoms with Gasteiger partial charge in [0.05, 0.1) is 11.3 Å². The maximum Gasteiger partial charge on any atom is 0.407 e. The van der Waals surface area contributed by atoms with Crippen molar-refractivity contribution >= 4 is 18.0 Å². The molecule has 0 saturated heterocycles. The number of hydrogen-bond acceptors (Lipinski definition) is 4. The highest BCUT2D eigenvalue weighted by molar-refractivity contribution is 5.85. The Morgan fingerprint density at radius 3 is 2.29 bits per heavy atom. The number of carboxylic acids is 1. The first-order chi connectivity index (χ1) is 16.8. The number of nitrogens with one attached hydrogen (secondary N) is 1. The predicted molar refractivity (Wildman–Crippen MR) is 133 cm³/mol. The summed E-state index contributed by atoms with van der Waals surface area (Å²) in [5.41, 5.74) is 3.84. The van der Waals surface area contributed by atoms with Crippen LogP contribution in [0.25, 0.3) is 11.1 Å². The minimum atomic E-state index is -0.930. The van der Waals surface area contributed by atoms with E-state index in [9.17, 15) is 19.5 Å². The van der Waals surface area contributed by atoms with Crippen LogP contribution >= 0.6 is 0 Å². The lowest BCUT2D eigenvalue weighted by molar-refractivity contribution is -0.146. The summed E-state index contributed by atoms with van der Waals surface area (Å²) in [6.45, 7) is 6.10. The molecule has 4 rings (SSSR count). The molecule has 3 atom stereocenters. The van der Waals surface area contributed by atoms with E-state index in [2.05, 4.69) is 29.6 Å². The van der Waals surface area contributed by atoms with E-state index in [4.69, 9.17) is 4.74 Å². The van der Waals surface area contributed by atoms with Gasteiger partial charge in [0.15, 0.2) is 0 Å². The van der Waals surface area contributed by atoms with Crippen molar-refractivity contribution < 1.29 is 24.2 Å². The molecule has 1 saturated carbocycles. The molecule has 2 aromatic rings. The average molecular weight is 479 g/mol. The van der Waals surface area contributed by atoms with E-state index in [1.54, 1.807) is 11.8 Å². The molecule has 1 fully saturated rings. The largest absolute Gasteiger partial charge is 0.481 e. The van der Waals surface area contributed by atoms with E-state index in [1.165, 1.54) is 11.1 Å². The number of nitrogens with zero attached hydrogens (tertiary/aromatic N) is 1. The lowest BCUT2D eigenvalue weighted by Crippen LogP contribution is -2.53. The quantitative estimate of drug-likeness (QED) is 0.576. The second-order valence-electron chi connectivity index (χ2n) is 9.92. The number of ether oxygens (including phenoxy) is 1. The fourth-order valence-electron chi connectivity index (χ4n) is 5.56. The maximum atomic E-state index is 13.4. The molecule has 2 aliphatic rings. The summed E-state index contributed by atoms with van der Waals surface area (Å²) in [4.78, 5) is 39.2. The summed E-state index contributed by atoms with van der Waals surface area (Å²) in [5, 5.41) is 12.2. The molecule has 0 radical (unpaired) electrons. The number of amides is 2. The van der Waals surface area contributed by atoms with Crippen LogP contribution in [0.15, 0.2) is 48.5 Å². The van der Waals surface area contributed by atoms with Crippen molar-refractivity contribution in [3.63, 3.8) is 0 Å². The maximum absolute atomic E-state index is 13.4. The van der Waals surface area contributed by atoms with Gasteiger partial charge in [0.1, 0.15) is 6.61 Å². The fraction of sp³-hybridized carbons (Fsp3) is 0.464. The number of rotatable bonds is 8. The topological polar surface area (TPSA) is 95.9 Å². The number of alkyl carbamates (subject to hydrolysis) is 1. The monoisotopic (exact) mass is 478 g/mol. The zero-order chi connectivity index (χ0) is 25.2. The van der Waals surface area contributed by atoms with Crippen molar-refractivity contribution in [3.8, 4) is 11.1 Å². The molecule has 2 amide bonds. The molecule has 0 bridgehead atoms. The third kappa shape index (κ3) is 4.77. The van der Waals surface area contributed by atoms with Gasteiger partial charge in [-0.1, -0.05) is 61.9 Å². The summed E-state index contributed by atoms with van der Waals surface area (Å²) in [5.74, 6) is -1.73. The van der Waals surface area contributed by atoms with Crippen LogP contribution in [0.5, 0.6) is 0 Å². The average Bonchev–Trinajstić information content (AvgIpc) is 3.38. The van der Waals surface area contributed by atoms with E-state index in [1.807, 2.05) is 38.1 Å². The Balaban J connectivity index is 1.42. The molecule has 0 heterocycles. The van der Waals surface area contributed by atoms with Gasteiger partial charge in [-0.2, -0.15) is 0 Å². The summed E-state index contributed by atoms with van der Waals surface area (Å²) in [6, 6.07) is 16.0. The Bertz CT molecular complexity index is 1070. The third-order valence-corrected chi connectivity index (χ3v) is 7.67. The van der Waals surface area contributed by atoms with Crippen LogP contribution in [0.2, 0.25) is 0 Å². The molecule has 7 heteroatoms. The second-order valence-corrected chi connectivity index (χ2v) is 9.92. The van der Waals surface area contributed by atoms with Crippen LogP contribution in [0.4, 0.5) is 4.79 Å². The van der Waals surface area contributed by atoms with Crippen molar-refractivity contribution in [1.82, 2.24) is 10.2 Å². The van der Waals surface area contributed by atoms with E-state index in [-0.39, 0.29) is 31.0 Å². The highest BCUT2D eigenvalue weighted by atomic mass is 16.5. The van der Waals surface area contributed by atoms with Crippen LogP contribution in [-0.4, -0.2) is 53.7 Å². The van der Waals surface area contributed by atoms with Crippen LogP contribution in [0.3, 0.4) is 0 Å². The Kier molecular flexibility index (Phi) is 7.15. The predicted octanol–water partition coefficient (Wildman–Crippen LogP) is 4.65. The summed E-state index contributed by atoms with van der Waals surface area (Å²) < 4.78 is 5.70. The molecular weight excluding hydrogens is 444 g/mol. The first kappa shape index (κ1) is 24.8. The first-order valence-corrected chi connectivity index (χ1v) is 12.4. The van der Waals surface area contributed by atoms with Crippen LogP contribution in [0.1, 0.15) is 57.1 Å². The zero-order valence-corrected chi connectivity index (χ0v) is 20.6. The van der Waals surface area contributed by atoms with Gasteiger partial charge in [0, 0.05) is 25.0 Å². The highest BCUT2D eigenvalue weighted by Gasteiger charge is 2.48. The lowest BCUT2D eigenvalue weighted by atomic mass is 9.82. The minimum Gasteiger partial charge on any atom is -0.481 e.